The van der Waals surface area contributed by atoms with E-state index < -0.39 is 0 Å². The number of nitrogen functional groups attached to an aromatic ring is 1. The Labute approximate surface area is 130 Å². The Hall–Kier alpha value is -1.71. The first-order valence-corrected chi connectivity index (χ1v) is 7.48. The lowest BCUT2D eigenvalue weighted by atomic mass is 9.97. The number of halogens is 1. The van der Waals surface area contributed by atoms with Crippen molar-refractivity contribution in [3.63, 3.8) is 0 Å². The highest BCUT2D eigenvalue weighted by Gasteiger charge is 2.22. The zero-order valence-electron chi connectivity index (χ0n) is 12.1. The second-order valence-corrected chi connectivity index (χ2v) is 5.83. The third-order valence-corrected chi connectivity index (χ3v) is 4.17. The molecule has 0 aliphatic carbocycles. The van der Waals surface area contributed by atoms with Crippen molar-refractivity contribution >= 4 is 23.0 Å². The molecule has 2 aromatic rings. The lowest BCUT2D eigenvalue weighted by molar-refractivity contribution is 0.0478. The third kappa shape index (κ3) is 2.99. The highest BCUT2D eigenvalue weighted by Crippen LogP contribution is 2.31. The summed E-state index contributed by atoms with van der Waals surface area (Å²) in [4.78, 5) is 2.11. The van der Waals surface area contributed by atoms with E-state index in [1.54, 1.807) is 6.07 Å². The molecule has 1 atom stereocenters. The molecule has 4 heteroatoms. The summed E-state index contributed by atoms with van der Waals surface area (Å²) in [6, 6.07) is 14.0. The van der Waals surface area contributed by atoms with Gasteiger partial charge < -0.3 is 15.4 Å². The maximum Gasteiger partial charge on any atom is 0.100 e. The molecule has 0 radical (unpaired) electrons. The molecule has 0 fully saturated rings. The fourth-order valence-corrected chi connectivity index (χ4v) is 2.99. The van der Waals surface area contributed by atoms with Gasteiger partial charge in [-0.1, -0.05) is 35.9 Å². The molecule has 0 saturated heterocycles. The molecule has 3 rings (SSSR count). The number of hydrogen-bond acceptors (Lipinski definition) is 3. The van der Waals surface area contributed by atoms with Gasteiger partial charge >= 0.3 is 0 Å². The van der Waals surface area contributed by atoms with Gasteiger partial charge in [0, 0.05) is 18.6 Å². The molecule has 1 unspecified atom stereocenters. The van der Waals surface area contributed by atoms with E-state index in [2.05, 4.69) is 29.2 Å². The molecule has 3 nitrogen and oxygen atoms in total. The fourth-order valence-electron chi connectivity index (χ4n) is 2.82. The summed E-state index contributed by atoms with van der Waals surface area (Å²) in [5.74, 6) is 0. The number of hydrogen-bond donors (Lipinski definition) is 1. The predicted molar refractivity (Wildman–Crippen MR) is 88.0 cm³/mol. The van der Waals surface area contributed by atoms with E-state index in [0.29, 0.717) is 5.02 Å². The second-order valence-electron chi connectivity index (χ2n) is 5.39. The maximum atomic E-state index is 6.07. The molecule has 0 aromatic heterocycles. The fraction of sp³-hybridized carbons (Fsp3) is 0.294. The van der Waals surface area contributed by atoms with Crippen molar-refractivity contribution in [2.45, 2.75) is 12.5 Å². The molecule has 0 spiro atoms. The molecule has 1 aliphatic heterocycles. The molecular formula is C17H19ClN2O. The number of nitrogens with zero attached hydrogens (tertiary/aromatic N) is 1. The average molecular weight is 303 g/mol. The second kappa shape index (κ2) is 5.96. The van der Waals surface area contributed by atoms with Gasteiger partial charge in [-0.2, -0.15) is 0 Å². The van der Waals surface area contributed by atoms with E-state index in [1.807, 2.05) is 19.2 Å². The van der Waals surface area contributed by atoms with Crippen LogP contribution in [0.5, 0.6) is 0 Å². The molecule has 0 bridgehead atoms. The SMILES string of the molecule is CN(CC1OCCc2ccccc21)c1cc(Cl)ccc1N. The van der Waals surface area contributed by atoms with E-state index in [4.69, 9.17) is 22.1 Å². The van der Waals surface area contributed by atoms with Crippen LogP contribution in [0.3, 0.4) is 0 Å². The van der Waals surface area contributed by atoms with Crippen LogP contribution in [0.1, 0.15) is 17.2 Å². The molecule has 0 saturated carbocycles. The number of ether oxygens (including phenoxy) is 1. The van der Waals surface area contributed by atoms with Crippen molar-refractivity contribution in [3.05, 3.63) is 58.6 Å². The number of nitrogens with two attached hydrogens (primary N) is 1. The lowest BCUT2D eigenvalue weighted by Gasteiger charge is -2.31. The monoisotopic (exact) mass is 302 g/mol. The number of rotatable bonds is 3. The Bertz CT molecular complexity index is 644. The topological polar surface area (TPSA) is 38.5 Å². The van der Waals surface area contributed by atoms with Crippen LogP contribution in [-0.2, 0) is 11.2 Å². The predicted octanol–water partition coefficient (Wildman–Crippen LogP) is 3.67. The first-order chi connectivity index (χ1) is 10.1. The molecular weight excluding hydrogens is 284 g/mol. The minimum atomic E-state index is 0.0679. The van der Waals surface area contributed by atoms with Gasteiger partial charge in [0.05, 0.1) is 18.0 Å². The molecule has 110 valence electrons. The highest BCUT2D eigenvalue weighted by molar-refractivity contribution is 6.31. The van der Waals surface area contributed by atoms with Crippen LogP contribution < -0.4 is 10.6 Å². The number of anilines is 2. The summed E-state index contributed by atoms with van der Waals surface area (Å²) >= 11 is 6.07. The van der Waals surface area contributed by atoms with E-state index in [-0.39, 0.29) is 6.10 Å². The summed E-state index contributed by atoms with van der Waals surface area (Å²) < 4.78 is 5.95. The van der Waals surface area contributed by atoms with E-state index in [1.165, 1.54) is 11.1 Å². The Morgan fingerprint density at radius 2 is 2.10 bits per heavy atom. The zero-order valence-corrected chi connectivity index (χ0v) is 12.8. The summed E-state index contributed by atoms with van der Waals surface area (Å²) in [6.45, 7) is 1.52. The normalized spacial score (nSPS) is 17.3. The van der Waals surface area contributed by atoms with Crippen molar-refractivity contribution in [1.82, 2.24) is 0 Å². The standard InChI is InChI=1S/C17H19ClN2O/c1-20(16-10-13(18)6-7-15(16)19)11-17-14-5-3-2-4-12(14)8-9-21-17/h2-7,10,17H,8-9,11,19H2,1H3. The van der Waals surface area contributed by atoms with Gasteiger partial charge in [-0.3, -0.25) is 0 Å². The quantitative estimate of drug-likeness (QED) is 0.879. The van der Waals surface area contributed by atoms with Crippen molar-refractivity contribution in [2.75, 3.05) is 30.8 Å². The van der Waals surface area contributed by atoms with Crippen molar-refractivity contribution in [3.8, 4) is 0 Å². The van der Waals surface area contributed by atoms with Gasteiger partial charge in [-0.25, -0.2) is 0 Å². The van der Waals surface area contributed by atoms with Gasteiger partial charge in [-0.05, 0) is 35.7 Å². The smallest absolute Gasteiger partial charge is 0.100 e. The molecule has 2 N–H and O–H groups in total. The van der Waals surface area contributed by atoms with E-state index in [0.717, 1.165) is 30.9 Å². The van der Waals surface area contributed by atoms with Crippen LogP contribution >= 0.6 is 11.6 Å². The Morgan fingerprint density at radius 3 is 2.95 bits per heavy atom. The van der Waals surface area contributed by atoms with Crippen LogP contribution in [0, 0.1) is 0 Å². The van der Waals surface area contributed by atoms with Gasteiger partial charge in [0.25, 0.3) is 0 Å². The summed E-state index contributed by atoms with van der Waals surface area (Å²) in [7, 11) is 2.02. The summed E-state index contributed by atoms with van der Waals surface area (Å²) in [5.41, 5.74) is 10.4. The first kappa shape index (κ1) is 14.2. The average Bonchev–Trinajstić information content (AvgIpc) is 2.50. The van der Waals surface area contributed by atoms with Crippen LogP contribution in [0.2, 0.25) is 5.02 Å². The van der Waals surface area contributed by atoms with Crippen molar-refractivity contribution in [1.29, 1.82) is 0 Å². The highest BCUT2D eigenvalue weighted by atomic mass is 35.5. The zero-order chi connectivity index (χ0) is 14.8. The molecule has 2 aromatic carbocycles. The summed E-state index contributed by atoms with van der Waals surface area (Å²) in [6.07, 6.45) is 1.05. The summed E-state index contributed by atoms with van der Waals surface area (Å²) in [5, 5.41) is 0.691. The van der Waals surface area contributed by atoms with Gasteiger partial charge in [-0.15, -0.1) is 0 Å². The first-order valence-electron chi connectivity index (χ1n) is 7.10. The van der Waals surface area contributed by atoms with Crippen LogP contribution in [0.15, 0.2) is 42.5 Å². The van der Waals surface area contributed by atoms with E-state index >= 15 is 0 Å². The van der Waals surface area contributed by atoms with Gasteiger partial charge in [0.1, 0.15) is 6.10 Å². The molecule has 1 heterocycles. The molecule has 1 aliphatic rings. The Balaban J connectivity index is 1.82. The Kier molecular flexibility index (Phi) is 4.04. The Morgan fingerprint density at radius 1 is 1.29 bits per heavy atom. The van der Waals surface area contributed by atoms with Crippen LogP contribution in [-0.4, -0.2) is 20.2 Å². The van der Waals surface area contributed by atoms with Crippen LogP contribution in [0.25, 0.3) is 0 Å². The van der Waals surface area contributed by atoms with Crippen molar-refractivity contribution in [2.24, 2.45) is 0 Å². The van der Waals surface area contributed by atoms with Crippen LogP contribution in [0.4, 0.5) is 11.4 Å². The largest absolute Gasteiger partial charge is 0.397 e. The molecule has 0 amide bonds. The number of benzene rings is 2. The van der Waals surface area contributed by atoms with Gasteiger partial charge in [0.15, 0.2) is 0 Å². The maximum absolute atomic E-state index is 6.07. The lowest BCUT2D eigenvalue weighted by Crippen LogP contribution is -2.29. The van der Waals surface area contributed by atoms with Gasteiger partial charge in [0.2, 0.25) is 0 Å². The van der Waals surface area contributed by atoms with Crippen molar-refractivity contribution < 1.29 is 4.74 Å². The molecule has 21 heavy (non-hydrogen) atoms. The minimum absolute atomic E-state index is 0.0679. The number of fused-ring (bicyclic) bond motifs is 1. The van der Waals surface area contributed by atoms with E-state index in [9.17, 15) is 0 Å². The number of likely N-dealkylation sites (N-methyl/N-ethyl adjacent to an activating group) is 1. The third-order valence-electron chi connectivity index (χ3n) is 3.94. The minimum Gasteiger partial charge on any atom is -0.397 e.